The number of amidine groups is 1. The zero-order valence-electron chi connectivity index (χ0n) is 10.1. The van der Waals surface area contributed by atoms with Crippen molar-refractivity contribution in [3.8, 4) is 0 Å². The maximum Gasteiger partial charge on any atom is 0.279 e. The van der Waals surface area contributed by atoms with Gasteiger partial charge in [0, 0.05) is 26.1 Å². The van der Waals surface area contributed by atoms with E-state index >= 15 is 0 Å². The first-order valence-electron chi connectivity index (χ1n) is 6.10. The van der Waals surface area contributed by atoms with Crippen LogP contribution in [0.5, 0.6) is 0 Å². The van der Waals surface area contributed by atoms with Crippen LogP contribution >= 0.6 is 0 Å². The molecular formula is C10H22N4O2S. The Hall–Kier alpha value is -0.660. The third kappa shape index (κ3) is 5.47. The Balaban J connectivity index is 2.22. The van der Waals surface area contributed by atoms with Gasteiger partial charge in [-0.25, -0.2) is 4.72 Å². The number of nitrogens with two attached hydrogens (primary N) is 1. The molecule has 1 saturated heterocycles. The molecule has 0 aliphatic carbocycles. The topological polar surface area (TPSA) is 99.3 Å². The quantitative estimate of drug-likeness (QED) is 0.352. The third-order valence-corrected chi connectivity index (χ3v) is 4.43. The average molecular weight is 262 g/mol. The van der Waals surface area contributed by atoms with Crippen LogP contribution in [-0.2, 0) is 10.2 Å². The van der Waals surface area contributed by atoms with E-state index in [9.17, 15) is 8.42 Å². The summed E-state index contributed by atoms with van der Waals surface area (Å²) in [6, 6.07) is 0. The van der Waals surface area contributed by atoms with Gasteiger partial charge in [-0.2, -0.15) is 12.7 Å². The van der Waals surface area contributed by atoms with Crippen LogP contribution < -0.4 is 10.5 Å². The molecule has 1 heterocycles. The average Bonchev–Trinajstić information content (AvgIpc) is 2.29. The van der Waals surface area contributed by atoms with Crippen LogP contribution in [0.15, 0.2) is 0 Å². The monoisotopic (exact) mass is 262 g/mol. The normalized spacial score (nSPS) is 18.1. The van der Waals surface area contributed by atoms with Gasteiger partial charge in [0.1, 0.15) is 0 Å². The van der Waals surface area contributed by atoms with Crippen LogP contribution in [0, 0.1) is 5.41 Å². The molecule has 0 aromatic heterocycles. The molecule has 1 rings (SSSR count). The molecule has 1 fully saturated rings. The lowest BCUT2D eigenvalue weighted by Gasteiger charge is -2.25. The zero-order valence-corrected chi connectivity index (χ0v) is 10.9. The second-order valence-corrected chi connectivity index (χ2v) is 6.10. The standard InChI is InChI=1S/C10H22N4O2S/c11-10(12)6-2-3-7-13-17(15,16)14-8-4-1-5-9-14/h13H,1-9H2,(H3,11,12). The largest absolute Gasteiger partial charge is 0.388 e. The summed E-state index contributed by atoms with van der Waals surface area (Å²) in [6.07, 6.45) is 5.01. The van der Waals surface area contributed by atoms with Gasteiger partial charge >= 0.3 is 0 Å². The molecule has 0 bridgehead atoms. The number of nitrogens with zero attached hydrogens (tertiary/aromatic N) is 1. The fourth-order valence-corrected chi connectivity index (χ4v) is 3.16. The van der Waals surface area contributed by atoms with Gasteiger partial charge in [0.25, 0.3) is 10.2 Å². The summed E-state index contributed by atoms with van der Waals surface area (Å²) < 4.78 is 27.8. The van der Waals surface area contributed by atoms with E-state index in [1.165, 1.54) is 4.31 Å². The van der Waals surface area contributed by atoms with Gasteiger partial charge in [-0.05, 0) is 25.7 Å². The lowest BCUT2D eigenvalue weighted by molar-refractivity contribution is 0.341. The van der Waals surface area contributed by atoms with Gasteiger partial charge in [-0.1, -0.05) is 6.42 Å². The molecule has 0 unspecified atom stereocenters. The Morgan fingerprint density at radius 2 is 1.88 bits per heavy atom. The fourth-order valence-electron chi connectivity index (χ4n) is 1.84. The van der Waals surface area contributed by atoms with E-state index < -0.39 is 10.2 Å². The molecular weight excluding hydrogens is 240 g/mol. The van der Waals surface area contributed by atoms with E-state index in [-0.39, 0.29) is 5.84 Å². The van der Waals surface area contributed by atoms with E-state index in [2.05, 4.69) is 4.72 Å². The minimum absolute atomic E-state index is 0.156. The van der Waals surface area contributed by atoms with Crippen molar-refractivity contribution in [1.82, 2.24) is 9.03 Å². The molecule has 1 aliphatic rings. The highest BCUT2D eigenvalue weighted by Gasteiger charge is 2.22. The minimum atomic E-state index is -3.29. The van der Waals surface area contributed by atoms with Crippen molar-refractivity contribution in [2.45, 2.75) is 38.5 Å². The smallest absolute Gasteiger partial charge is 0.279 e. The number of nitrogens with one attached hydrogen (secondary N) is 2. The van der Waals surface area contributed by atoms with Crippen LogP contribution in [0.1, 0.15) is 38.5 Å². The van der Waals surface area contributed by atoms with Crippen molar-refractivity contribution >= 4 is 16.0 Å². The van der Waals surface area contributed by atoms with Crippen molar-refractivity contribution in [2.75, 3.05) is 19.6 Å². The lowest BCUT2D eigenvalue weighted by Crippen LogP contribution is -2.43. The molecule has 4 N–H and O–H groups in total. The molecule has 0 aromatic carbocycles. The number of rotatable bonds is 7. The van der Waals surface area contributed by atoms with Crippen molar-refractivity contribution in [3.63, 3.8) is 0 Å². The number of unbranched alkanes of at least 4 members (excludes halogenated alkanes) is 1. The van der Waals surface area contributed by atoms with Crippen LogP contribution in [0.2, 0.25) is 0 Å². The second kappa shape index (κ2) is 6.93. The summed E-state index contributed by atoms with van der Waals surface area (Å²) >= 11 is 0. The highest BCUT2D eigenvalue weighted by atomic mass is 32.2. The van der Waals surface area contributed by atoms with Gasteiger partial charge in [0.05, 0.1) is 5.84 Å². The Bertz CT molecular complexity index is 336. The molecule has 0 atom stereocenters. The lowest BCUT2D eigenvalue weighted by atomic mass is 10.2. The van der Waals surface area contributed by atoms with Gasteiger partial charge in [0.2, 0.25) is 0 Å². The molecule has 1 aliphatic heterocycles. The first-order chi connectivity index (χ1) is 8.02. The van der Waals surface area contributed by atoms with E-state index in [0.29, 0.717) is 32.5 Å². The molecule has 100 valence electrons. The molecule has 0 saturated carbocycles. The summed E-state index contributed by atoms with van der Waals surface area (Å²) in [5, 5.41) is 7.04. The molecule has 0 radical (unpaired) electrons. The summed E-state index contributed by atoms with van der Waals surface area (Å²) in [5.74, 6) is 0.156. The number of piperidine rings is 1. The molecule has 0 spiro atoms. The molecule has 0 aromatic rings. The summed E-state index contributed by atoms with van der Waals surface area (Å²) in [7, 11) is -3.29. The van der Waals surface area contributed by atoms with E-state index in [1.54, 1.807) is 0 Å². The van der Waals surface area contributed by atoms with Crippen molar-refractivity contribution in [1.29, 1.82) is 5.41 Å². The van der Waals surface area contributed by atoms with E-state index in [4.69, 9.17) is 11.1 Å². The van der Waals surface area contributed by atoms with Gasteiger partial charge in [-0.15, -0.1) is 0 Å². The third-order valence-electron chi connectivity index (χ3n) is 2.81. The van der Waals surface area contributed by atoms with E-state index in [1.807, 2.05) is 0 Å². The molecule has 6 nitrogen and oxygen atoms in total. The highest BCUT2D eigenvalue weighted by Crippen LogP contribution is 2.11. The summed E-state index contributed by atoms with van der Waals surface area (Å²) in [6.45, 7) is 1.68. The Kier molecular flexibility index (Phi) is 5.87. The van der Waals surface area contributed by atoms with Crippen LogP contribution in [0.4, 0.5) is 0 Å². The highest BCUT2D eigenvalue weighted by molar-refractivity contribution is 7.87. The Morgan fingerprint density at radius 3 is 2.47 bits per heavy atom. The molecule has 17 heavy (non-hydrogen) atoms. The molecule has 0 amide bonds. The van der Waals surface area contributed by atoms with Gasteiger partial charge in [0.15, 0.2) is 0 Å². The predicted octanol–water partition coefficient (Wildman–Crippen LogP) is 0.413. The van der Waals surface area contributed by atoms with Crippen LogP contribution in [0.3, 0.4) is 0 Å². The first-order valence-corrected chi connectivity index (χ1v) is 7.54. The van der Waals surface area contributed by atoms with Crippen LogP contribution in [0.25, 0.3) is 0 Å². The number of hydrogen-bond donors (Lipinski definition) is 3. The minimum Gasteiger partial charge on any atom is -0.388 e. The maximum atomic E-state index is 11.8. The second-order valence-electron chi connectivity index (χ2n) is 4.34. The predicted molar refractivity (Wildman–Crippen MR) is 68.1 cm³/mol. The van der Waals surface area contributed by atoms with Crippen molar-refractivity contribution < 1.29 is 8.42 Å². The Labute approximate surface area is 103 Å². The van der Waals surface area contributed by atoms with Gasteiger partial charge in [-0.3, -0.25) is 5.41 Å². The fraction of sp³-hybridized carbons (Fsp3) is 0.900. The summed E-state index contributed by atoms with van der Waals surface area (Å²) in [5.41, 5.74) is 5.21. The maximum absolute atomic E-state index is 11.8. The Morgan fingerprint density at radius 1 is 1.24 bits per heavy atom. The first kappa shape index (κ1) is 14.4. The van der Waals surface area contributed by atoms with Gasteiger partial charge < -0.3 is 5.73 Å². The van der Waals surface area contributed by atoms with E-state index in [0.717, 1.165) is 25.7 Å². The number of hydrogen-bond acceptors (Lipinski definition) is 3. The molecule has 7 heteroatoms. The van der Waals surface area contributed by atoms with Crippen molar-refractivity contribution in [3.05, 3.63) is 0 Å². The van der Waals surface area contributed by atoms with Crippen molar-refractivity contribution in [2.24, 2.45) is 5.73 Å². The zero-order chi connectivity index (χ0) is 12.7. The summed E-state index contributed by atoms with van der Waals surface area (Å²) in [4.78, 5) is 0. The SMILES string of the molecule is N=C(N)CCCCNS(=O)(=O)N1CCCCC1. The van der Waals surface area contributed by atoms with Crippen LogP contribution in [-0.4, -0.2) is 38.2 Å².